The van der Waals surface area contributed by atoms with Crippen LogP contribution in [0.1, 0.15) is 35.8 Å². The fourth-order valence-corrected chi connectivity index (χ4v) is 1.95. The van der Waals surface area contributed by atoms with Gasteiger partial charge in [-0.15, -0.1) is 12.4 Å². The Kier molecular flexibility index (Phi) is 4.16. The molecule has 2 rings (SSSR count). The lowest BCUT2D eigenvalue weighted by atomic mass is 9.95. The van der Waals surface area contributed by atoms with E-state index in [1.807, 2.05) is 13.8 Å². The van der Waals surface area contributed by atoms with Crippen LogP contribution < -0.4 is 11.1 Å². The Morgan fingerprint density at radius 2 is 2.35 bits per heavy atom. The number of rotatable bonds is 4. The van der Waals surface area contributed by atoms with Gasteiger partial charge >= 0.3 is 0 Å². The van der Waals surface area contributed by atoms with Gasteiger partial charge in [-0.1, -0.05) is 0 Å². The molecule has 17 heavy (non-hydrogen) atoms. The molecular weight excluding hydrogens is 240 g/mol. The van der Waals surface area contributed by atoms with Gasteiger partial charge in [0.25, 0.3) is 5.91 Å². The second kappa shape index (κ2) is 5.06. The van der Waals surface area contributed by atoms with Gasteiger partial charge in [0.05, 0.1) is 17.3 Å². The summed E-state index contributed by atoms with van der Waals surface area (Å²) in [5.74, 6) is 0.430. The van der Waals surface area contributed by atoms with Crippen LogP contribution in [0.15, 0.2) is 6.20 Å². The molecular formula is C11H19ClN4O. The van der Waals surface area contributed by atoms with Crippen LogP contribution in [0.3, 0.4) is 0 Å². The lowest BCUT2D eigenvalue weighted by Gasteiger charge is -2.29. The minimum absolute atomic E-state index is 0. The van der Waals surface area contributed by atoms with Crippen molar-refractivity contribution in [3.63, 3.8) is 0 Å². The number of nitrogens with one attached hydrogen (secondary N) is 2. The number of aromatic amines is 1. The highest BCUT2D eigenvalue weighted by Gasteiger charge is 2.41. The molecule has 1 amide bonds. The number of H-pyrrole nitrogens is 1. The third-order valence-electron chi connectivity index (χ3n) is 3.38. The van der Waals surface area contributed by atoms with Gasteiger partial charge in [-0.3, -0.25) is 9.89 Å². The van der Waals surface area contributed by atoms with Crippen LogP contribution in [0.4, 0.5) is 0 Å². The van der Waals surface area contributed by atoms with E-state index in [0.717, 1.165) is 18.5 Å². The molecule has 1 aliphatic rings. The third-order valence-corrected chi connectivity index (χ3v) is 3.38. The first kappa shape index (κ1) is 14.0. The van der Waals surface area contributed by atoms with Crippen molar-refractivity contribution in [3.8, 4) is 0 Å². The lowest BCUT2D eigenvalue weighted by Crippen LogP contribution is -2.53. The van der Waals surface area contributed by atoms with Gasteiger partial charge < -0.3 is 11.1 Å². The van der Waals surface area contributed by atoms with E-state index in [0.29, 0.717) is 18.0 Å². The molecule has 0 radical (unpaired) electrons. The SMILES string of the molecule is Cc1[nH]ncc1C(=O)NC(C)(CN)C1CC1.Cl. The van der Waals surface area contributed by atoms with Crippen molar-refractivity contribution < 1.29 is 4.79 Å². The highest BCUT2D eigenvalue weighted by atomic mass is 35.5. The summed E-state index contributed by atoms with van der Waals surface area (Å²) in [6.45, 7) is 4.32. The Morgan fingerprint density at radius 1 is 1.71 bits per heavy atom. The highest BCUT2D eigenvalue weighted by Crippen LogP contribution is 2.39. The maximum absolute atomic E-state index is 12.0. The molecule has 96 valence electrons. The van der Waals surface area contributed by atoms with Crippen LogP contribution in [0.2, 0.25) is 0 Å². The summed E-state index contributed by atoms with van der Waals surface area (Å²) in [5.41, 5.74) is 6.85. The lowest BCUT2D eigenvalue weighted by molar-refractivity contribution is 0.0897. The molecule has 1 atom stereocenters. The van der Waals surface area contributed by atoms with E-state index in [9.17, 15) is 4.79 Å². The second-order valence-corrected chi connectivity index (χ2v) is 4.76. The predicted molar refractivity (Wildman–Crippen MR) is 68.2 cm³/mol. The van der Waals surface area contributed by atoms with Crippen molar-refractivity contribution in [2.75, 3.05) is 6.54 Å². The molecule has 0 spiro atoms. The second-order valence-electron chi connectivity index (χ2n) is 4.76. The fourth-order valence-electron chi connectivity index (χ4n) is 1.95. The van der Waals surface area contributed by atoms with E-state index in [4.69, 9.17) is 5.73 Å². The summed E-state index contributed by atoms with van der Waals surface area (Å²) in [4.78, 5) is 12.0. The van der Waals surface area contributed by atoms with E-state index < -0.39 is 0 Å². The number of carbonyl (C=O) groups is 1. The van der Waals surface area contributed by atoms with Crippen molar-refractivity contribution >= 4 is 18.3 Å². The molecule has 6 heteroatoms. The molecule has 1 heterocycles. The first-order valence-corrected chi connectivity index (χ1v) is 5.59. The Labute approximate surface area is 107 Å². The monoisotopic (exact) mass is 258 g/mol. The van der Waals surface area contributed by atoms with Crippen LogP contribution >= 0.6 is 12.4 Å². The Bertz CT molecular complexity index is 402. The summed E-state index contributed by atoms with van der Waals surface area (Å²) in [7, 11) is 0. The number of aryl methyl sites for hydroxylation is 1. The molecule has 1 fully saturated rings. The maximum Gasteiger partial charge on any atom is 0.255 e. The van der Waals surface area contributed by atoms with Gasteiger partial charge in [-0.05, 0) is 32.6 Å². The first-order chi connectivity index (χ1) is 7.57. The van der Waals surface area contributed by atoms with E-state index in [2.05, 4.69) is 15.5 Å². The Hall–Kier alpha value is -1.07. The van der Waals surface area contributed by atoms with Gasteiger partial charge in [0, 0.05) is 12.2 Å². The Morgan fingerprint density at radius 3 is 2.76 bits per heavy atom. The number of amides is 1. The van der Waals surface area contributed by atoms with E-state index in [1.165, 1.54) is 0 Å². The van der Waals surface area contributed by atoms with Crippen LogP contribution in [0.25, 0.3) is 0 Å². The van der Waals surface area contributed by atoms with Crippen molar-refractivity contribution in [1.29, 1.82) is 0 Å². The van der Waals surface area contributed by atoms with Gasteiger partial charge in [0.1, 0.15) is 0 Å². The average Bonchev–Trinajstić information content (AvgIpc) is 3.02. The van der Waals surface area contributed by atoms with E-state index >= 15 is 0 Å². The number of halogens is 1. The third kappa shape index (κ3) is 2.79. The molecule has 0 aliphatic heterocycles. The van der Waals surface area contributed by atoms with Gasteiger partial charge in [-0.2, -0.15) is 5.10 Å². The van der Waals surface area contributed by atoms with Crippen molar-refractivity contribution in [2.45, 2.75) is 32.2 Å². The molecule has 5 nitrogen and oxygen atoms in total. The molecule has 1 saturated carbocycles. The smallest absolute Gasteiger partial charge is 0.255 e. The van der Waals surface area contributed by atoms with Gasteiger partial charge in [-0.25, -0.2) is 0 Å². The number of hydrogen-bond donors (Lipinski definition) is 3. The zero-order valence-corrected chi connectivity index (χ0v) is 10.9. The number of carbonyl (C=O) groups excluding carboxylic acids is 1. The summed E-state index contributed by atoms with van der Waals surface area (Å²) in [5, 5.41) is 9.62. The summed E-state index contributed by atoms with van der Waals surface area (Å²) in [6.07, 6.45) is 3.85. The zero-order chi connectivity index (χ0) is 11.8. The average molecular weight is 259 g/mol. The van der Waals surface area contributed by atoms with Crippen LogP contribution in [-0.2, 0) is 0 Å². The molecule has 1 aromatic heterocycles. The topological polar surface area (TPSA) is 83.8 Å². The summed E-state index contributed by atoms with van der Waals surface area (Å²) >= 11 is 0. The summed E-state index contributed by atoms with van der Waals surface area (Å²) in [6, 6.07) is 0. The highest BCUT2D eigenvalue weighted by molar-refractivity contribution is 5.95. The Balaban J connectivity index is 0.00000144. The van der Waals surface area contributed by atoms with Crippen molar-refractivity contribution in [2.24, 2.45) is 11.7 Å². The molecule has 1 aromatic rings. The van der Waals surface area contributed by atoms with Crippen LogP contribution in [0.5, 0.6) is 0 Å². The number of hydrogen-bond acceptors (Lipinski definition) is 3. The minimum Gasteiger partial charge on any atom is -0.345 e. The van der Waals surface area contributed by atoms with E-state index in [-0.39, 0.29) is 23.9 Å². The van der Waals surface area contributed by atoms with Gasteiger partial charge in [0.2, 0.25) is 0 Å². The zero-order valence-electron chi connectivity index (χ0n) is 10.1. The largest absolute Gasteiger partial charge is 0.345 e. The molecule has 0 bridgehead atoms. The molecule has 1 unspecified atom stereocenters. The summed E-state index contributed by atoms with van der Waals surface area (Å²) < 4.78 is 0. The standard InChI is InChI=1S/C11H18N4O.ClH/c1-7-9(5-13-15-7)10(16)14-11(2,6-12)8-3-4-8;/h5,8H,3-4,6,12H2,1-2H3,(H,13,15)(H,14,16);1H. The fraction of sp³-hybridized carbons (Fsp3) is 0.636. The molecule has 4 N–H and O–H groups in total. The number of aromatic nitrogens is 2. The first-order valence-electron chi connectivity index (χ1n) is 5.59. The van der Waals surface area contributed by atoms with Crippen LogP contribution in [-0.4, -0.2) is 28.2 Å². The molecule has 0 saturated heterocycles. The quantitative estimate of drug-likeness (QED) is 0.753. The van der Waals surface area contributed by atoms with Crippen molar-refractivity contribution in [3.05, 3.63) is 17.5 Å². The molecule has 0 aromatic carbocycles. The maximum atomic E-state index is 12.0. The predicted octanol–water partition coefficient (Wildman–Crippen LogP) is 0.997. The number of nitrogens with zero attached hydrogens (tertiary/aromatic N) is 1. The number of nitrogens with two attached hydrogens (primary N) is 1. The van der Waals surface area contributed by atoms with E-state index in [1.54, 1.807) is 6.20 Å². The molecule has 1 aliphatic carbocycles. The van der Waals surface area contributed by atoms with Crippen LogP contribution in [0, 0.1) is 12.8 Å². The normalized spacial score (nSPS) is 18.1. The minimum atomic E-state index is -0.277. The van der Waals surface area contributed by atoms with Crippen molar-refractivity contribution in [1.82, 2.24) is 15.5 Å². The van der Waals surface area contributed by atoms with Gasteiger partial charge in [0.15, 0.2) is 0 Å².